The van der Waals surface area contributed by atoms with E-state index < -0.39 is 0 Å². The van der Waals surface area contributed by atoms with E-state index in [2.05, 4.69) is 17.0 Å². The Labute approximate surface area is 183 Å². The van der Waals surface area contributed by atoms with Crippen LogP contribution in [-0.2, 0) is 6.54 Å². The molecule has 6 nitrogen and oxygen atoms in total. The molecule has 0 spiro atoms. The predicted octanol–water partition coefficient (Wildman–Crippen LogP) is 4.10. The minimum Gasteiger partial charge on any atom is -0.497 e. The lowest BCUT2D eigenvalue weighted by Crippen LogP contribution is -2.48. The van der Waals surface area contributed by atoms with Gasteiger partial charge in [0.05, 0.1) is 25.8 Å². The number of rotatable bonds is 8. The number of carbonyl (C=O) groups is 1. The predicted molar refractivity (Wildman–Crippen MR) is 118 cm³/mol. The van der Waals surface area contributed by atoms with Crippen LogP contribution in [0.5, 0.6) is 17.2 Å². The van der Waals surface area contributed by atoms with E-state index in [0.29, 0.717) is 41.8 Å². The number of carbonyl (C=O) groups excluding carboxylic acids is 1. The standard InChI is InChI=1S/C23H29ClN2O4/c1-4-13-30-22-20(24)14-18(15-21(22)29-3)23(27)26-11-9-25(10-12-26)16-17-5-7-19(28-2)8-6-17/h5-8,14-15H,4,9-13,16H2,1-3H3. The van der Waals surface area contributed by atoms with E-state index in [1.165, 1.54) is 5.56 Å². The van der Waals surface area contributed by atoms with Crippen molar-refractivity contribution in [2.45, 2.75) is 19.9 Å². The highest BCUT2D eigenvalue weighted by Gasteiger charge is 2.24. The van der Waals surface area contributed by atoms with Crippen LogP contribution in [0.4, 0.5) is 0 Å². The molecule has 162 valence electrons. The molecule has 0 aromatic heterocycles. The van der Waals surface area contributed by atoms with Crippen LogP contribution in [0, 0.1) is 0 Å². The van der Waals surface area contributed by atoms with E-state index in [0.717, 1.165) is 31.8 Å². The van der Waals surface area contributed by atoms with E-state index in [9.17, 15) is 4.79 Å². The van der Waals surface area contributed by atoms with Gasteiger partial charge < -0.3 is 19.1 Å². The van der Waals surface area contributed by atoms with Gasteiger partial charge in [0.2, 0.25) is 0 Å². The quantitative estimate of drug-likeness (QED) is 0.628. The average Bonchev–Trinajstić information content (AvgIpc) is 2.78. The molecule has 1 aliphatic rings. The summed E-state index contributed by atoms with van der Waals surface area (Å²) in [5.41, 5.74) is 1.75. The van der Waals surface area contributed by atoms with Crippen molar-refractivity contribution in [3.8, 4) is 17.2 Å². The Bertz CT molecular complexity index is 849. The first-order valence-electron chi connectivity index (χ1n) is 10.2. The van der Waals surface area contributed by atoms with Crippen molar-refractivity contribution in [2.75, 3.05) is 47.0 Å². The second-order valence-corrected chi connectivity index (χ2v) is 7.66. The van der Waals surface area contributed by atoms with Crippen molar-refractivity contribution in [3.05, 3.63) is 52.5 Å². The maximum atomic E-state index is 13.0. The second-order valence-electron chi connectivity index (χ2n) is 7.25. The monoisotopic (exact) mass is 432 g/mol. The number of hydrogen-bond donors (Lipinski definition) is 0. The molecule has 1 fully saturated rings. The lowest BCUT2D eigenvalue weighted by Gasteiger charge is -2.35. The minimum absolute atomic E-state index is 0.0404. The molecule has 0 radical (unpaired) electrons. The molecule has 0 saturated carbocycles. The normalized spacial score (nSPS) is 14.5. The van der Waals surface area contributed by atoms with Crippen LogP contribution in [0.2, 0.25) is 5.02 Å². The average molecular weight is 433 g/mol. The van der Waals surface area contributed by atoms with Crippen LogP contribution in [0.25, 0.3) is 0 Å². The van der Waals surface area contributed by atoms with Crippen LogP contribution in [0.1, 0.15) is 29.3 Å². The van der Waals surface area contributed by atoms with E-state index in [1.54, 1.807) is 26.4 Å². The first kappa shape index (κ1) is 22.2. The van der Waals surface area contributed by atoms with Gasteiger partial charge in [-0.25, -0.2) is 0 Å². The third-order valence-electron chi connectivity index (χ3n) is 5.15. The van der Waals surface area contributed by atoms with Crippen molar-refractivity contribution in [1.82, 2.24) is 9.80 Å². The Balaban J connectivity index is 1.61. The van der Waals surface area contributed by atoms with Gasteiger partial charge in [0, 0.05) is 38.3 Å². The zero-order chi connectivity index (χ0) is 21.5. The molecular weight excluding hydrogens is 404 g/mol. The molecule has 2 aromatic carbocycles. The molecule has 2 aromatic rings. The summed E-state index contributed by atoms with van der Waals surface area (Å²) in [6.45, 7) is 6.40. The number of piperazine rings is 1. The largest absolute Gasteiger partial charge is 0.497 e. The molecule has 0 unspecified atom stereocenters. The molecule has 3 rings (SSSR count). The molecule has 1 amide bonds. The fourth-order valence-electron chi connectivity index (χ4n) is 3.47. The van der Waals surface area contributed by atoms with Crippen molar-refractivity contribution in [3.63, 3.8) is 0 Å². The van der Waals surface area contributed by atoms with Gasteiger partial charge in [-0.05, 0) is 36.2 Å². The second kappa shape index (κ2) is 10.5. The van der Waals surface area contributed by atoms with Crippen molar-refractivity contribution in [2.24, 2.45) is 0 Å². The lowest BCUT2D eigenvalue weighted by atomic mass is 10.1. The van der Waals surface area contributed by atoms with Crippen LogP contribution in [0.3, 0.4) is 0 Å². The Hall–Kier alpha value is -2.44. The summed E-state index contributed by atoms with van der Waals surface area (Å²) < 4.78 is 16.3. The van der Waals surface area contributed by atoms with Gasteiger partial charge in [-0.1, -0.05) is 30.7 Å². The summed E-state index contributed by atoms with van der Waals surface area (Å²) in [6, 6.07) is 11.5. The van der Waals surface area contributed by atoms with Gasteiger partial charge in [-0.15, -0.1) is 0 Å². The smallest absolute Gasteiger partial charge is 0.254 e. The van der Waals surface area contributed by atoms with E-state index in [1.807, 2.05) is 24.0 Å². The van der Waals surface area contributed by atoms with Crippen molar-refractivity contribution < 1.29 is 19.0 Å². The molecule has 0 aliphatic carbocycles. The number of benzene rings is 2. The van der Waals surface area contributed by atoms with Crippen molar-refractivity contribution >= 4 is 17.5 Å². The van der Waals surface area contributed by atoms with Gasteiger partial charge in [-0.3, -0.25) is 9.69 Å². The molecule has 0 N–H and O–H groups in total. The first-order chi connectivity index (χ1) is 14.5. The summed E-state index contributed by atoms with van der Waals surface area (Å²) >= 11 is 6.37. The van der Waals surface area contributed by atoms with Gasteiger partial charge in [0.15, 0.2) is 11.5 Å². The molecular formula is C23H29ClN2O4. The fraction of sp³-hybridized carbons (Fsp3) is 0.435. The van der Waals surface area contributed by atoms with Crippen LogP contribution in [-0.4, -0.2) is 62.7 Å². The zero-order valence-corrected chi connectivity index (χ0v) is 18.6. The first-order valence-corrected chi connectivity index (χ1v) is 10.6. The van der Waals surface area contributed by atoms with Crippen LogP contribution in [0.15, 0.2) is 36.4 Å². The summed E-state index contributed by atoms with van der Waals surface area (Å²) in [6.07, 6.45) is 0.862. The number of halogens is 1. The summed E-state index contributed by atoms with van der Waals surface area (Å²) in [5.74, 6) is 1.79. The molecule has 0 bridgehead atoms. The lowest BCUT2D eigenvalue weighted by molar-refractivity contribution is 0.0628. The molecule has 0 atom stereocenters. The summed E-state index contributed by atoms with van der Waals surface area (Å²) in [4.78, 5) is 17.2. The SMILES string of the molecule is CCCOc1c(Cl)cc(C(=O)N2CCN(Cc3ccc(OC)cc3)CC2)cc1OC. The molecule has 1 aliphatic heterocycles. The topological polar surface area (TPSA) is 51.2 Å². The molecule has 7 heteroatoms. The number of methoxy groups -OCH3 is 2. The maximum Gasteiger partial charge on any atom is 0.254 e. The minimum atomic E-state index is -0.0404. The van der Waals surface area contributed by atoms with E-state index in [-0.39, 0.29) is 5.91 Å². The van der Waals surface area contributed by atoms with Gasteiger partial charge in [0.1, 0.15) is 5.75 Å². The zero-order valence-electron chi connectivity index (χ0n) is 17.8. The highest BCUT2D eigenvalue weighted by molar-refractivity contribution is 6.32. The third kappa shape index (κ3) is 5.37. The Kier molecular flexibility index (Phi) is 7.82. The molecule has 1 saturated heterocycles. The van der Waals surface area contributed by atoms with Gasteiger partial charge in [-0.2, -0.15) is 0 Å². The number of ether oxygens (including phenoxy) is 3. The summed E-state index contributed by atoms with van der Waals surface area (Å²) in [7, 11) is 3.22. The maximum absolute atomic E-state index is 13.0. The highest BCUT2D eigenvalue weighted by atomic mass is 35.5. The highest BCUT2D eigenvalue weighted by Crippen LogP contribution is 2.37. The van der Waals surface area contributed by atoms with Crippen LogP contribution >= 0.6 is 11.6 Å². The third-order valence-corrected chi connectivity index (χ3v) is 5.43. The Morgan fingerprint density at radius 1 is 1.03 bits per heavy atom. The van der Waals surface area contributed by atoms with Crippen LogP contribution < -0.4 is 14.2 Å². The molecule has 30 heavy (non-hydrogen) atoms. The number of amides is 1. The number of nitrogens with zero attached hydrogens (tertiary/aromatic N) is 2. The summed E-state index contributed by atoms with van der Waals surface area (Å²) in [5, 5.41) is 0.393. The van der Waals surface area contributed by atoms with Gasteiger partial charge in [0.25, 0.3) is 5.91 Å². The van der Waals surface area contributed by atoms with E-state index >= 15 is 0 Å². The Morgan fingerprint density at radius 2 is 1.73 bits per heavy atom. The van der Waals surface area contributed by atoms with E-state index in [4.69, 9.17) is 25.8 Å². The van der Waals surface area contributed by atoms with Gasteiger partial charge >= 0.3 is 0 Å². The molecule has 1 heterocycles. The Morgan fingerprint density at radius 3 is 2.33 bits per heavy atom. The fourth-order valence-corrected chi connectivity index (χ4v) is 3.73. The van der Waals surface area contributed by atoms with Crippen molar-refractivity contribution in [1.29, 1.82) is 0 Å². The number of hydrogen-bond acceptors (Lipinski definition) is 5.